The van der Waals surface area contributed by atoms with Gasteiger partial charge in [0.05, 0.1) is 11.1 Å². The van der Waals surface area contributed by atoms with Gasteiger partial charge >= 0.3 is 0 Å². The topological polar surface area (TPSA) is 46.0 Å². The van der Waals surface area contributed by atoms with E-state index in [2.05, 4.69) is 26.1 Å². The van der Waals surface area contributed by atoms with Gasteiger partial charge in [0.15, 0.2) is 0 Å². The van der Waals surface area contributed by atoms with Gasteiger partial charge in [-0.1, -0.05) is 15.9 Å². The molecular weight excluding hydrogens is 251 g/mol. The standard InChI is InChI=1S/C9H6BrFN2O/c1-4-6-2-5(10)3-7(11)8(6)9(14)13-12-4/h2-3H,1H3,(H,13,14). The molecule has 0 aliphatic carbocycles. The van der Waals surface area contributed by atoms with Crippen molar-refractivity contribution in [1.82, 2.24) is 10.2 Å². The van der Waals surface area contributed by atoms with Crippen LogP contribution < -0.4 is 0 Å². The number of aromatic nitrogens is 2. The third-order valence-corrected chi connectivity index (χ3v) is 2.42. The van der Waals surface area contributed by atoms with Crippen LogP contribution >= 0.6 is 15.9 Å². The zero-order chi connectivity index (χ0) is 10.3. The number of halogens is 2. The average molecular weight is 257 g/mol. The molecule has 14 heavy (non-hydrogen) atoms. The van der Waals surface area contributed by atoms with E-state index in [1.54, 1.807) is 13.0 Å². The minimum absolute atomic E-state index is 0.112. The van der Waals surface area contributed by atoms with Gasteiger partial charge in [0.25, 0.3) is 0 Å². The number of hydrogen-bond donors (Lipinski definition) is 1. The van der Waals surface area contributed by atoms with Crippen LogP contribution in [0.3, 0.4) is 0 Å². The Morgan fingerprint density at radius 3 is 2.79 bits per heavy atom. The third-order valence-electron chi connectivity index (χ3n) is 1.96. The molecule has 0 radical (unpaired) electrons. The molecule has 0 unspecified atom stereocenters. The Labute approximate surface area is 87.7 Å². The van der Waals surface area contributed by atoms with Crippen LogP contribution in [-0.2, 0) is 0 Å². The second-order valence-electron chi connectivity index (χ2n) is 2.92. The zero-order valence-corrected chi connectivity index (χ0v) is 8.84. The second-order valence-corrected chi connectivity index (χ2v) is 3.83. The van der Waals surface area contributed by atoms with E-state index in [0.717, 1.165) is 0 Å². The first-order chi connectivity index (χ1) is 6.59. The van der Waals surface area contributed by atoms with E-state index >= 15 is 0 Å². The number of fused-ring (bicyclic) bond motifs is 1. The Kier molecular flexibility index (Phi) is 2.11. The summed E-state index contributed by atoms with van der Waals surface area (Å²) in [5, 5.41) is 17.2. The molecule has 0 saturated carbocycles. The van der Waals surface area contributed by atoms with Gasteiger partial charge in [0.1, 0.15) is 5.82 Å². The molecule has 1 aromatic heterocycles. The number of nitrogens with zero attached hydrogens (tertiary/aromatic N) is 2. The third kappa shape index (κ3) is 1.33. The second kappa shape index (κ2) is 3.16. The lowest BCUT2D eigenvalue weighted by molar-refractivity contribution is 0.449. The molecule has 0 bridgehead atoms. The van der Waals surface area contributed by atoms with Crippen LogP contribution in [0.5, 0.6) is 5.88 Å². The quantitative estimate of drug-likeness (QED) is 0.788. The lowest BCUT2D eigenvalue weighted by Gasteiger charge is -2.03. The smallest absolute Gasteiger partial charge is 0.241 e. The maximum absolute atomic E-state index is 13.4. The minimum Gasteiger partial charge on any atom is -0.492 e. The highest BCUT2D eigenvalue weighted by molar-refractivity contribution is 9.10. The molecule has 5 heteroatoms. The summed E-state index contributed by atoms with van der Waals surface area (Å²) < 4.78 is 14.0. The van der Waals surface area contributed by atoms with E-state index in [1.807, 2.05) is 0 Å². The van der Waals surface area contributed by atoms with Gasteiger partial charge in [-0.3, -0.25) is 0 Å². The van der Waals surface area contributed by atoms with E-state index in [9.17, 15) is 9.50 Å². The number of aromatic hydroxyl groups is 1. The van der Waals surface area contributed by atoms with Crippen molar-refractivity contribution in [2.75, 3.05) is 0 Å². The summed E-state index contributed by atoms with van der Waals surface area (Å²) in [6.07, 6.45) is 0. The Balaban J connectivity index is 3.00. The molecular formula is C9H6BrFN2O. The van der Waals surface area contributed by atoms with Gasteiger partial charge in [-0.2, -0.15) is 5.10 Å². The molecule has 1 aromatic carbocycles. The lowest BCUT2D eigenvalue weighted by Crippen LogP contribution is -1.92. The van der Waals surface area contributed by atoms with Gasteiger partial charge < -0.3 is 5.11 Å². The van der Waals surface area contributed by atoms with Crippen LogP contribution in [0.4, 0.5) is 4.39 Å². The number of rotatable bonds is 0. The highest BCUT2D eigenvalue weighted by atomic mass is 79.9. The Hall–Kier alpha value is -1.23. The van der Waals surface area contributed by atoms with Crippen molar-refractivity contribution in [3.8, 4) is 5.88 Å². The Bertz CT molecular complexity index is 516. The van der Waals surface area contributed by atoms with Gasteiger partial charge in [-0.05, 0) is 19.1 Å². The normalized spacial score (nSPS) is 10.8. The van der Waals surface area contributed by atoms with Crippen LogP contribution in [0, 0.1) is 12.7 Å². The first kappa shape index (κ1) is 9.33. The summed E-state index contributed by atoms with van der Waals surface area (Å²) in [5.41, 5.74) is 0.581. The molecule has 0 amide bonds. The monoisotopic (exact) mass is 256 g/mol. The van der Waals surface area contributed by atoms with Crippen molar-refractivity contribution in [3.05, 3.63) is 28.1 Å². The molecule has 0 saturated heterocycles. The molecule has 0 aliphatic heterocycles. The summed E-state index contributed by atoms with van der Waals surface area (Å²) in [6.45, 7) is 1.71. The molecule has 72 valence electrons. The van der Waals surface area contributed by atoms with Crippen molar-refractivity contribution < 1.29 is 9.50 Å². The van der Waals surface area contributed by atoms with Crippen LogP contribution in [0.2, 0.25) is 0 Å². The highest BCUT2D eigenvalue weighted by Gasteiger charge is 2.11. The van der Waals surface area contributed by atoms with Crippen LogP contribution in [0.25, 0.3) is 10.8 Å². The first-order valence-electron chi connectivity index (χ1n) is 3.90. The Morgan fingerprint density at radius 1 is 1.36 bits per heavy atom. The van der Waals surface area contributed by atoms with Gasteiger partial charge in [-0.15, -0.1) is 5.10 Å². The summed E-state index contributed by atoms with van der Waals surface area (Å²) in [7, 11) is 0. The number of aryl methyl sites for hydroxylation is 1. The summed E-state index contributed by atoms with van der Waals surface area (Å²) in [5.74, 6) is -0.888. The van der Waals surface area contributed by atoms with E-state index < -0.39 is 5.82 Å². The van der Waals surface area contributed by atoms with Crippen molar-refractivity contribution >= 4 is 26.7 Å². The van der Waals surface area contributed by atoms with Crippen LogP contribution in [0.1, 0.15) is 5.69 Å². The minimum atomic E-state index is -0.509. The fourth-order valence-corrected chi connectivity index (χ4v) is 1.74. The lowest BCUT2D eigenvalue weighted by atomic mass is 10.1. The average Bonchev–Trinajstić information content (AvgIpc) is 2.10. The van der Waals surface area contributed by atoms with Crippen LogP contribution in [0.15, 0.2) is 16.6 Å². The van der Waals surface area contributed by atoms with Crippen molar-refractivity contribution in [2.45, 2.75) is 6.92 Å². The molecule has 0 fully saturated rings. The van der Waals surface area contributed by atoms with Crippen LogP contribution in [-0.4, -0.2) is 15.3 Å². The van der Waals surface area contributed by atoms with Crippen molar-refractivity contribution in [1.29, 1.82) is 0 Å². The predicted octanol–water partition coefficient (Wildman–Crippen LogP) is 2.55. The summed E-state index contributed by atoms with van der Waals surface area (Å²) in [4.78, 5) is 0. The van der Waals surface area contributed by atoms with Gasteiger partial charge in [0.2, 0.25) is 5.88 Å². The van der Waals surface area contributed by atoms with E-state index in [-0.39, 0.29) is 11.3 Å². The maximum atomic E-state index is 13.4. The van der Waals surface area contributed by atoms with E-state index in [1.165, 1.54) is 6.07 Å². The molecule has 3 nitrogen and oxygen atoms in total. The zero-order valence-electron chi connectivity index (χ0n) is 7.25. The fourth-order valence-electron chi connectivity index (χ4n) is 1.31. The largest absolute Gasteiger partial charge is 0.492 e. The molecule has 2 aromatic rings. The highest BCUT2D eigenvalue weighted by Crippen LogP contribution is 2.29. The summed E-state index contributed by atoms with van der Waals surface area (Å²) in [6, 6.07) is 2.98. The molecule has 0 spiro atoms. The summed E-state index contributed by atoms with van der Waals surface area (Å²) >= 11 is 3.17. The van der Waals surface area contributed by atoms with E-state index in [4.69, 9.17) is 0 Å². The molecule has 0 atom stereocenters. The van der Waals surface area contributed by atoms with Crippen molar-refractivity contribution in [3.63, 3.8) is 0 Å². The Morgan fingerprint density at radius 2 is 2.07 bits per heavy atom. The SMILES string of the molecule is Cc1nnc(O)c2c(F)cc(Br)cc12. The number of benzene rings is 1. The van der Waals surface area contributed by atoms with Gasteiger partial charge in [0, 0.05) is 9.86 Å². The van der Waals surface area contributed by atoms with Gasteiger partial charge in [-0.25, -0.2) is 4.39 Å². The molecule has 1 heterocycles. The fraction of sp³-hybridized carbons (Fsp3) is 0.111. The van der Waals surface area contributed by atoms with Crippen molar-refractivity contribution in [2.24, 2.45) is 0 Å². The number of hydrogen-bond acceptors (Lipinski definition) is 3. The molecule has 0 aliphatic rings. The van der Waals surface area contributed by atoms with E-state index in [0.29, 0.717) is 15.6 Å². The molecule has 2 rings (SSSR count). The predicted molar refractivity (Wildman–Crippen MR) is 53.6 cm³/mol. The molecule has 1 N–H and O–H groups in total. The maximum Gasteiger partial charge on any atom is 0.241 e. The first-order valence-corrected chi connectivity index (χ1v) is 4.70.